The molecule has 7 heteroatoms. The Morgan fingerprint density at radius 3 is 3.15 bits per heavy atom. The van der Waals surface area contributed by atoms with E-state index in [1.54, 1.807) is 0 Å². The number of carbonyl (C=O) groups excluding carboxylic acids is 1. The molecule has 1 atom stereocenters. The number of ether oxygens (including phenoxy) is 1. The number of aromatic amines is 1. The van der Waals surface area contributed by atoms with E-state index in [-0.39, 0.29) is 12.0 Å². The molecule has 1 amide bonds. The first kappa shape index (κ1) is 19.2. The number of hydrogen-bond donors (Lipinski definition) is 2. The minimum Gasteiger partial charge on any atom is -0.374 e. The summed E-state index contributed by atoms with van der Waals surface area (Å²) in [5, 5.41) is 3.76. The van der Waals surface area contributed by atoms with Crippen molar-refractivity contribution in [1.29, 1.82) is 0 Å². The fourth-order valence-electron chi connectivity index (χ4n) is 3.17. The summed E-state index contributed by atoms with van der Waals surface area (Å²) < 4.78 is 5.77. The quantitative estimate of drug-likeness (QED) is 0.727. The van der Waals surface area contributed by atoms with E-state index in [2.05, 4.69) is 47.0 Å². The van der Waals surface area contributed by atoms with Gasteiger partial charge in [0.25, 0.3) is 0 Å². The second kappa shape index (κ2) is 8.88. The van der Waals surface area contributed by atoms with E-state index in [1.807, 2.05) is 12.1 Å². The predicted octanol–water partition coefficient (Wildman–Crippen LogP) is 2.44. The first-order valence-electron chi connectivity index (χ1n) is 9.19. The SMILES string of the molecule is Cc1ccc2nc(SCC(=O)NC[C@H]3CN(CC(C)C)CCO3)[nH]c2c1. The molecule has 1 aliphatic heterocycles. The largest absolute Gasteiger partial charge is 0.374 e. The molecule has 0 radical (unpaired) electrons. The molecule has 1 aromatic heterocycles. The Bertz CT molecular complexity index is 746. The lowest BCUT2D eigenvalue weighted by atomic mass is 10.2. The van der Waals surface area contributed by atoms with E-state index in [0.717, 1.165) is 42.4 Å². The molecule has 2 heterocycles. The molecular formula is C19H28N4O2S. The number of thioether (sulfide) groups is 1. The van der Waals surface area contributed by atoms with Gasteiger partial charge in [-0.15, -0.1) is 0 Å². The van der Waals surface area contributed by atoms with Crippen LogP contribution in [0.25, 0.3) is 11.0 Å². The minimum atomic E-state index is 0.0104. The highest BCUT2D eigenvalue weighted by Crippen LogP contribution is 2.20. The molecule has 0 saturated carbocycles. The highest BCUT2D eigenvalue weighted by molar-refractivity contribution is 7.99. The summed E-state index contributed by atoms with van der Waals surface area (Å²) in [5.74, 6) is 1.00. The van der Waals surface area contributed by atoms with Gasteiger partial charge in [0.15, 0.2) is 5.16 Å². The first-order valence-corrected chi connectivity index (χ1v) is 10.2. The molecule has 26 heavy (non-hydrogen) atoms. The van der Waals surface area contributed by atoms with Crippen molar-refractivity contribution in [2.24, 2.45) is 5.92 Å². The zero-order chi connectivity index (χ0) is 18.5. The summed E-state index contributed by atoms with van der Waals surface area (Å²) >= 11 is 1.43. The monoisotopic (exact) mass is 376 g/mol. The number of morpholine rings is 1. The number of H-pyrrole nitrogens is 1. The zero-order valence-corrected chi connectivity index (χ0v) is 16.6. The van der Waals surface area contributed by atoms with Gasteiger partial charge in [-0.25, -0.2) is 4.98 Å². The van der Waals surface area contributed by atoms with Gasteiger partial charge < -0.3 is 15.0 Å². The average molecular weight is 377 g/mol. The van der Waals surface area contributed by atoms with Crippen LogP contribution < -0.4 is 5.32 Å². The molecule has 1 aliphatic rings. The zero-order valence-electron chi connectivity index (χ0n) is 15.7. The van der Waals surface area contributed by atoms with Crippen LogP contribution in [0.4, 0.5) is 0 Å². The molecule has 3 rings (SSSR count). The number of hydrogen-bond acceptors (Lipinski definition) is 5. The lowest BCUT2D eigenvalue weighted by Crippen LogP contribution is -2.48. The molecule has 6 nitrogen and oxygen atoms in total. The van der Waals surface area contributed by atoms with Crippen LogP contribution in [-0.4, -0.2) is 65.4 Å². The van der Waals surface area contributed by atoms with E-state index in [0.29, 0.717) is 18.2 Å². The number of benzene rings is 1. The van der Waals surface area contributed by atoms with Gasteiger partial charge in [-0.3, -0.25) is 9.69 Å². The van der Waals surface area contributed by atoms with Crippen LogP contribution in [-0.2, 0) is 9.53 Å². The molecular weight excluding hydrogens is 348 g/mol. The van der Waals surface area contributed by atoms with Crippen LogP contribution in [0.3, 0.4) is 0 Å². The van der Waals surface area contributed by atoms with Crippen molar-refractivity contribution in [2.45, 2.75) is 32.0 Å². The van der Waals surface area contributed by atoms with Gasteiger partial charge in [0.05, 0.1) is 29.5 Å². The lowest BCUT2D eigenvalue weighted by Gasteiger charge is -2.33. The average Bonchev–Trinajstić information content (AvgIpc) is 3.00. The van der Waals surface area contributed by atoms with E-state index in [1.165, 1.54) is 17.3 Å². The summed E-state index contributed by atoms with van der Waals surface area (Å²) in [7, 11) is 0. The van der Waals surface area contributed by atoms with Crippen molar-refractivity contribution >= 4 is 28.7 Å². The van der Waals surface area contributed by atoms with E-state index < -0.39 is 0 Å². The van der Waals surface area contributed by atoms with E-state index in [9.17, 15) is 4.79 Å². The van der Waals surface area contributed by atoms with Crippen LogP contribution in [0.15, 0.2) is 23.4 Å². The molecule has 0 spiro atoms. The molecule has 0 bridgehead atoms. The Labute approximate surface area is 159 Å². The van der Waals surface area contributed by atoms with Gasteiger partial charge in [0, 0.05) is 26.2 Å². The maximum Gasteiger partial charge on any atom is 0.230 e. The van der Waals surface area contributed by atoms with Gasteiger partial charge in [0.2, 0.25) is 5.91 Å². The van der Waals surface area contributed by atoms with Crippen LogP contribution >= 0.6 is 11.8 Å². The number of amides is 1. The summed E-state index contributed by atoms with van der Waals surface area (Å²) in [5.41, 5.74) is 3.13. The van der Waals surface area contributed by atoms with E-state index >= 15 is 0 Å². The fourth-order valence-corrected chi connectivity index (χ4v) is 3.88. The topological polar surface area (TPSA) is 70.2 Å². The van der Waals surface area contributed by atoms with Crippen LogP contribution in [0.5, 0.6) is 0 Å². The van der Waals surface area contributed by atoms with E-state index in [4.69, 9.17) is 4.74 Å². The molecule has 0 aliphatic carbocycles. The second-order valence-electron chi connectivity index (χ2n) is 7.30. The summed E-state index contributed by atoms with van der Waals surface area (Å²) in [6.45, 7) is 10.7. The molecule has 0 unspecified atom stereocenters. The molecule has 1 aromatic carbocycles. The Kier molecular flexibility index (Phi) is 6.56. The van der Waals surface area contributed by atoms with Crippen LogP contribution in [0.2, 0.25) is 0 Å². The minimum absolute atomic E-state index is 0.0104. The van der Waals surface area contributed by atoms with Crippen molar-refractivity contribution < 1.29 is 9.53 Å². The number of aromatic nitrogens is 2. The second-order valence-corrected chi connectivity index (χ2v) is 8.27. The highest BCUT2D eigenvalue weighted by Gasteiger charge is 2.21. The predicted molar refractivity (Wildman–Crippen MR) is 106 cm³/mol. The molecule has 1 fully saturated rings. The Balaban J connectivity index is 1.42. The number of imidazole rings is 1. The van der Waals surface area contributed by atoms with Crippen LogP contribution in [0, 0.1) is 12.8 Å². The van der Waals surface area contributed by atoms with Gasteiger partial charge in [-0.05, 0) is 30.5 Å². The van der Waals surface area contributed by atoms with Gasteiger partial charge in [-0.1, -0.05) is 31.7 Å². The summed E-state index contributed by atoms with van der Waals surface area (Å²) in [6, 6.07) is 6.10. The molecule has 2 aromatic rings. The number of carbonyl (C=O) groups is 1. The molecule has 1 saturated heterocycles. The Hall–Kier alpha value is -1.57. The summed E-state index contributed by atoms with van der Waals surface area (Å²) in [6.07, 6.45) is 0.0747. The molecule has 142 valence electrons. The van der Waals surface area contributed by atoms with Gasteiger partial charge >= 0.3 is 0 Å². The first-order chi connectivity index (χ1) is 12.5. The number of aryl methyl sites for hydroxylation is 1. The fraction of sp³-hybridized carbons (Fsp3) is 0.579. The van der Waals surface area contributed by atoms with Crippen molar-refractivity contribution in [2.75, 3.05) is 38.5 Å². The number of nitrogens with one attached hydrogen (secondary N) is 2. The van der Waals surface area contributed by atoms with Crippen molar-refractivity contribution in [3.8, 4) is 0 Å². The standard InChI is InChI=1S/C19H28N4O2S/c1-13(2)10-23-6-7-25-15(11-23)9-20-18(24)12-26-19-21-16-5-4-14(3)8-17(16)22-19/h4-5,8,13,15H,6-7,9-12H2,1-3H3,(H,20,24)(H,21,22)/t15-/m0/s1. The number of fused-ring (bicyclic) bond motifs is 1. The maximum atomic E-state index is 12.1. The van der Waals surface area contributed by atoms with Crippen molar-refractivity contribution in [1.82, 2.24) is 20.2 Å². The Morgan fingerprint density at radius 1 is 1.50 bits per heavy atom. The normalized spacial score (nSPS) is 18.5. The smallest absolute Gasteiger partial charge is 0.230 e. The van der Waals surface area contributed by atoms with Crippen LogP contribution in [0.1, 0.15) is 19.4 Å². The highest BCUT2D eigenvalue weighted by atomic mass is 32.2. The number of rotatable bonds is 7. The third-order valence-electron chi connectivity index (χ3n) is 4.33. The lowest BCUT2D eigenvalue weighted by molar-refractivity contribution is -0.119. The third-order valence-corrected chi connectivity index (χ3v) is 5.20. The summed E-state index contributed by atoms with van der Waals surface area (Å²) in [4.78, 5) is 22.3. The maximum absolute atomic E-state index is 12.1. The van der Waals surface area contributed by atoms with Crippen molar-refractivity contribution in [3.05, 3.63) is 23.8 Å². The third kappa shape index (κ3) is 5.46. The Morgan fingerprint density at radius 2 is 2.35 bits per heavy atom. The van der Waals surface area contributed by atoms with Gasteiger partial charge in [0.1, 0.15) is 0 Å². The molecule has 2 N–H and O–H groups in total. The number of nitrogens with zero attached hydrogens (tertiary/aromatic N) is 2. The van der Waals surface area contributed by atoms with Crippen molar-refractivity contribution in [3.63, 3.8) is 0 Å². The van der Waals surface area contributed by atoms with Gasteiger partial charge in [-0.2, -0.15) is 0 Å².